The fraction of sp³-hybridized carbons (Fsp3) is 0.417. The highest BCUT2D eigenvalue weighted by Gasteiger charge is 2.24. The average molecular weight is 229 g/mol. The monoisotopic (exact) mass is 229 g/mol. The number of tetrazole rings is 1. The van der Waals surface area contributed by atoms with Crippen LogP contribution in [0.3, 0.4) is 0 Å². The summed E-state index contributed by atoms with van der Waals surface area (Å²) in [4.78, 5) is 0. The van der Waals surface area contributed by atoms with E-state index in [-0.39, 0.29) is 0 Å². The predicted molar refractivity (Wildman–Crippen MR) is 65.1 cm³/mol. The number of anilines is 1. The van der Waals surface area contributed by atoms with E-state index in [2.05, 4.69) is 15.5 Å². The maximum Gasteiger partial charge on any atom is 0.184 e. The van der Waals surface area contributed by atoms with E-state index in [9.17, 15) is 0 Å². The summed E-state index contributed by atoms with van der Waals surface area (Å²) < 4.78 is 1.86. The quantitative estimate of drug-likeness (QED) is 0.812. The second kappa shape index (κ2) is 3.84. The van der Waals surface area contributed by atoms with Gasteiger partial charge in [-0.3, -0.25) is 0 Å². The zero-order chi connectivity index (χ0) is 11.8. The molecule has 0 saturated heterocycles. The summed E-state index contributed by atoms with van der Waals surface area (Å²) >= 11 is 0. The van der Waals surface area contributed by atoms with Gasteiger partial charge in [0.25, 0.3) is 0 Å². The summed E-state index contributed by atoms with van der Waals surface area (Å²) in [5.74, 6) is 1.52. The van der Waals surface area contributed by atoms with Crippen molar-refractivity contribution in [1.82, 2.24) is 20.2 Å². The molecule has 0 bridgehead atoms. The topological polar surface area (TPSA) is 69.6 Å². The molecule has 0 aliphatic heterocycles. The highest BCUT2D eigenvalue weighted by Crippen LogP contribution is 2.32. The Morgan fingerprint density at radius 2 is 2.24 bits per heavy atom. The van der Waals surface area contributed by atoms with Gasteiger partial charge in [0.05, 0.1) is 0 Å². The molecule has 1 aromatic heterocycles. The molecule has 88 valence electrons. The van der Waals surface area contributed by atoms with Crippen molar-refractivity contribution in [3.8, 4) is 11.4 Å². The van der Waals surface area contributed by atoms with Crippen LogP contribution in [0.5, 0.6) is 0 Å². The number of nitrogen functional groups attached to an aromatic ring is 1. The van der Waals surface area contributed by atoms with Crippen LogP contribution in [0, 0.1) is 12.8 Å². The summed E-state index contributed by atoms with van der Waals surface area (Å²) in [5, 5.41) is 11.9. The molecule has 1 aliphatic rings. The van der Waals surface area contributed by atoms with Crippen LogP contribution in [0.2, 0.25) is 0 Å². The maximum absolute atomic E-state index is 5.99. The van der Waals surface area contributed by atoms with Crippen LogP contribution < -0.4 is 5.73 Å². The number of benzene rings is 1. The SMILES string of the molecule is Cc1ccc(N)c(-c2nnnn2CC2CC2)c1. The first-order valence-electron chi connectivity index (χ1n) is 5.86. The molecule has 3 rings (SSSR count). The Balaban J connectivity index is 2.01. The minimum Gasteiger partial charge on any atom is -0.398 e. The molecule has 2 N–H and O–H groups in total. The minimum atomic E-state index is 0.724. The first-order chi connectivity index (χ1) is 8.24. The van der Waals surface area contributed by atoms with Gasteiger partial charge >= 0.3 is 0 Å². The highest BCUT2D eigenvalue weighted by molar-refractivity contribution is 5.72. The first kappa shape index (κ1) is 10.3. The summed E-state index contributed by atoms with van der Waals surface area (Å²) in [7, 11) is 0. The van der Waals surface area contributed by atoms with Crippen LogP contribution >= 0.6 is 0 Å². The number of aromatic nitrogens is 4. The van der Waals surface area contributed by atoms with Crippen LogP contribution in [0.15, 0.2) is 18.2 Å². The third kappa shape index (κ3) is 2.00. The minimum absolute atomic E-state index is 0.724. The van der Waals surface area contributed by atoms with Crippen molar-refractivity contribution in [2.24, 2.45) is 5.92 Å². The van der Waals surface area contributed by atoms with Crippen LogP contribution in [-0.4, -0.2) is 20.2 Å². The predicted octanol–water partition coefficient (Wildman–Crippen LogP) is 1.64. The third-order valence-corrected chi connectivity index (χ3v) is 3.11. The molecule has 0 spiro atoms. The normalized spacial score (nSPS) is 15.1. The van der Waals surface area contributed by atoms with E-state index in [1.807, 2.05) is 29.8 Å². The zero-order valence-electron chi connectivity index (χ0n) is 9.80. The zero-order valence-corrected chi connectivity index (χ0v) is 9.80. The summed E-state index contributed by atoms with van der Waals surface area (Å²) in [6, 6.07) is 5.93. The first-order valence-corrected chi connectivity index (χ1v) is 5.86. The Hall–Kier alpha value is -1.91. The standard InChI is InChI=1S/C12H15N5/c1-8-2-5-11(13)10(6-8)12-14-15-16-17(12)7-9-3-4-9/h2,5-6,9H,3-4,7,13H2,1H3. The molecule has 17 heavy (non-hydrogen) atoms. The molecule has 1 aliphatic carbocycles. The Labute approximate surface area is 99.6 Å². The van der Waals surface area contributed by atoms with Gasteiger partial charge in [-0.15, -0.1) is 5.10 Å². The molecule has 1 aromatic carbocycles. The molecule has 2 aromatic rings. The summed E-state index contributed by atoms with van der Waals surface area (Å²) in [6.45, 7) is 2.94. The lowest BCUT2D eigenvalue weighted by atomic mass is 10.1. The second-order valence-corrected chi connectivity index (χ2v) is 4.72. The molecular formula is C12H15N5. The van der Waals surface area contributed by atoms with E-state index < -0.39 is 0 Å². The molecule has 0 atom stereocenters. The number of hydrogen-bond donors (Lipinski definition) is 1. The summed E-state index contributed by atoms with van der Waals surface area (Å²) in [6.07, 6.45) is 2.56. The number of hydrogen-bond acceptors (Lipinski definition) is 4. The van der Waals surface area contributed by atoms with Crippen molar-refractivity contribution in [1.29, 1.82) is 0 Å². The van der Waals surface area contributed by atoms with Gasteiger partial charge < -0.3 is 5.73 Å². The van der Waals surface area contributed by atoms with Gasteiger partial charge in [0.1, 0.15) is 0 Å². The highest BCUT2D eigenvalue weighted by atomic mass is 15.5. The molecule has 0 radical (unpaired) electrons. The molecule has 5 nitrogen and oxygen atoms in total. The van der Waals surface area contributed by atoms with E-state index in [1.54, 1.807) is 0 Å². The van der Waals surface area contributed by atoms with Gasteiger partial charge in [0, 0.05) is 17.8 Å². The summed E-state index contributed by atoms with van der Waals surface area (Å²) in [5.41, 5.74) is 8.80. The lowest BCUT2D eigenvalue weighted by Crippen LogP contribution is -2.05. The van der Waals surface area contributed by atoms with Gasteiger partial charge in [-0.1, -0.05) is 11.6 Å². The van der Waals surface area contributed by atoms with Gasteiger partial charge in [-0.2, -0.15) is 0 Å². The van der Waals surface area contributed by atoms with Gasteiger partial charge in [0.15, 0.2) is 5.82 Å². The van der Waals surface area contributed by atoms with E-state index in [1.165, 1.54) is 12.8 Å². The van der Waals surface area contributed by atoms with Crippen LogP contribution in [0.4, 0.5) is 5.69 Å². The van der Waals surface area contributed by atoms with Crippen molar-refractivity contribution in [3.63, 3.8) is 0 Å². The van der Waals surface area contributed by atoms with Gasteiger partial charge in [-0.05, 0) is 48.2 Å². The molecule has 0 unspecified atom stereocenters. The van der Waals surface area contributed by atoms with Crippen molar-refractivity contribution >= 4 is 5.69 Å². The second-order valence-electron chi connectivity index (χ2n) is 4.72. The van der Waals surface area contributed by atoms with Crippen LogP contribution in [-0.2, 0) is 6.54 Å². The lowest BCUT2D eigenvalue weighted by molar-refractivity contribution is 0.548. The number of nitrogens with zero attached hydrogens (tertiary/aromatic N) is 4. The smallest absolute Gasteiger partial charge is 0.184 e. The van der Waals surface area contributed by atoms with E-state index in [0.717, 1.165) is 35.1 Å². The number of rotatable bonds is 3. The fourth-order valence-electron chi connectivity index (χ4n) is 1.93. The molecular weight excluding hydrogens is 214 g/mol. The van der Waals surface area contributed by atoms with E-state index >= 15 is 0 Å². The maximum atomic E-state index is 5.99. The van der Waals surface area contributed by atoms with Crippen molar-refractivity contribution < 1.29 is 0 Å². The Morgan fingerprint density at radius 3 is 3.00 bits per heavy atom. The van der Waals surface area contributed by atoms with Crippen molar-refractivity contribution in [2.75, 3.05) is 5.73 Å². The Kier molecular flexibility index (Phi) is 2.31. The Bertz CT molecular complexity index is 542. The molecule has 1 saturated carbocycles. The molecule has 0 amide bonds. The van der Waals surface area contributed by atoms with E-state index in [4.69, 9.17) is 5.73 Å². The van der Waals surface area contributed by atoms with Crippen LogP contribution in [0.1, 0.15) is 18.4 Å². The Morgan fingerprint density at radius 1 is 1.41 bits per heavy atom. The molecule has 1 fully saturated rings. The van der Waals surface area contributed by atoms with Gasteiger partial charge in [0.2, 0.25) is 0 Å². The van der Waals surface area contributed by atoms with Crippen molar-refractivity contribution in [2.45, 2.75) is 26.3 Å². The van der Waals surface area contributed by atoms with Gasteiger partial charge in [-0.25, -0.2) is 4.68 Å². The van der Waals surface area contributed by atoms with Crippen molar-refractivity contribution in [3.05, 3.63) is 23.8 Å². The fourth-order valence-corrected chi connectivity index (χ4v) is 1.93. The molecule has 1 heterocycles. The van der Waals surface area contributed by atoms with E-state index in [0.29, 0.717) is 0 Å². The number of nitrogens with two attached hydrogens (primary N) is 1. The average Bonchev–Trinajstić information content (AvgIpc) is 3.00. The van der Waals surface area contributed by atoms with Crippen LogP contribution in [0.25, 0.3) is 11.4 Å². The molecule has 5 heteroatoms. The third-order valence-electron chi connectivity index (χ3n) is 3.11. The number of aryl methyl sites for hydroxylation is 1. The largest absolute Gasteiger partial charge is 0.398 e. The lowest BCUT2D eigenvalue weighted by Gasteiger charge is -2.07.